The normalized spacial score (nSPS) is 28.9. The maximum atomic E-state index is 10.8. The topological polar surface area (TPSA) is 104 Å². The van der Waals surface area contributed by atoms with E-state index in [4.69, 9.17) is 0 Å². The van der Waals surface area contributed by atoms with Gasteiger partial charge >= 0.3 is 10.3 Å². The Labute approximate surface area is 70.9 Å². The van der Waals surface area contributed by atoms with Crippen LogP contribution in [0.5, 0.6) is 0 Å². The summed E-state index contributed by atoms with van der Waals surface area (Å²) in [4.78, 5) is 0. The fourth-order valence-corrected chi connectivity index (χ4v) is 3.25. The predicted molar refractivity (Wildman–Crippen MR) is 41.3 cm³/mol. The van der Waals surface area contributed by atoms with E-state index < -0.39 is 26.2 Å². The summed E-state index contributed by atoms with van der Waals surface area (Å²) < 4.78 is 46.6. The van der Waals surface area contributed by atoms with Gasteiger partial charge in [-0.1, -0.05) is 0 Å². The second-order valence-electron chi connectivity index (χ2n) is 2.61. The lowest BCUT2D eigenvalue weighted by Gasteiger charge is -2.04. The van der Waals surface area contributed by atoms with Crippen LogP contribution >= 0.6 is 0 Å². The predicted octanol–water partition coefficient (Wildman–Crippen LogP) is -1.61. The van der Waals surface area contributed by atoms with Crippen molar-refractivity contribution in [2.45, 2.75) is 12.5 Å². The molecule has 0 spiro atoms. The van der Waals surface area contributed by atoms with Crippen molar-refractivity contribution in [2.24, 2.45) is 5.14 Å². The summed E-state index contributed by atoms with van der Waals surface area (Å²) in [7, 11) is -7.14. The molecule has 1 aliphatic heterocycles. The fraction of sp³-hybridized carbons (Fsp3) is 1.00. The second kappa shape index (κ2) is 2.95. The number of hydrogen-bond acceptors (Lipinski definition) is 5. The first-order valence-electron chi connectivity index (χ1n) is 3.20. The van der Waals surface area contributed by atoms with E-state index in [9.17, 15) is 16.8 Å². The highest BCUT2D eigenvalue weighted by Gasteiger charge is 2.31. The SMILES string of the molecule is NS(=O)(=O)OC1CCS(=O)(=O)C1. The average Bonchev–Trinajstić information content (AvgIpc) is 2.05. The van der Waals surface area contributed by atoms with Crippen LogP contribution in [0.15, 0.2) is 0 Å². The van der Waals surface area contributed by atoms with Crippen LogP contribution in [-0.2, 0) is 24.3 Å². The van der Waals surface area contributed by atoms with E-state index in [0.717, 1.165) is 0 Å². The molecule has 0 saturated carbocycles. The van der Waals surface area contributed by atoms with Gasteiger partial charge in [0.25, 0.3) is 0 Å². The van der Waals surface area contributed by atoms with E-state index >= 15 is 0 Å². The first-order chi connectivity index (χ1) is 5.29. The van der Waals surface area contributed by atoms with E-state index in [1.807, 2.05) is 0 Å². The standard InChI is InChI=1S/C4H9NO5S2/c5-12(8,9)10-4-1-2-11(6,7)3-4/h4H,1-3H2,(H2,5,8,9). The number of nitrogens with two attached hydrogens (primary N) is 1. The van der Waals surface area contributed by atoms with Crippen molar-refractivity contribution in [3.63, 3.8) is 0 Å². The molecule has 0 aromatic rings. The Bertz CT molecular complexity index is 355. The molecule has 0 aliphatic carbocycles. The Morgan fingerprint density at radius 2 is 2.00 bits per heavy atom. The molecule has 6 nitrogen and oxygen atoms in total. The summed E-state index contributed by atoms with van der Waals surface area (Å²) in [5.74, 6) is -0.295. The minimum Gasteiger partial charge on any atom is -0.254 e. The van der Waals surface area contributed by atoms with Gasteiger partial charge in [-0.05, 0) is 6.42 Å². The van der Waals surface area contributed by atoms with Crippen molar-refractivity contribution in [2.75, 3.05) is 11.5 Å². The van der Waals surface area contributed by atoms with Crippen LogP contribution in [0.25, 0.3) is 0 Å². The van der Waals surface area contributed by atoms with Crippen molar-refractivity contribution >= 4 is 20.1 Å². The van der Waals surface area contributed by atoms with Crippen molar-refractivity contribution < 1.29 is 21.0 Å². The molecular weight excluding hydrogens is 206 g/mol. The summed E-state index contributed by atoms with van der Waals surface area (Å²) in [6, 6.07) is 0. The molecule has 12 heavy (non-hydrogen) atoms. The summed E-state index contributed by atoms with van der Waals surface area (Å²) in [6.45, 7) is 0. The maximum Gasteiger partial charge on any atom is 0.333 e. The Kier molecular flexibility index (Phi) is 2.43. The van der Waals surface area contributed by atoms with Gasteiger partial charge in [-0.15, -0.1) is 0 Å². The van der Waals surface area contributed by atoms with Gasteiger partial charge in [0.2, 0.25) is 0 Å². The van der Waals surface area contributed by atoms with Crippen LogP contribution in [-0.4, -0.2) is 34.4 Å². The van der Waals surface area contributed by atoms with Gasteiger partial charge in [-0.25, -0.2) is 13.6 Å². The molecule has 1 unspecified atom stereocenters. The molecule has 0 bridgehead atoms. The van der Waals surface area contributed by atoms with E-state index in [1.54, 1.807) is 0 Å². The Morgan fingerprint density at radius 3 is 2.33 bits per heavy atom. The monoisotopic (exact) mass is 215 g/mol. The largest absolute Gasteiger partial charge is 0.333 e. The van der Waals surface area contributed by atoms with E-state index in [2.05, 4.69) is 9.32 Å². The zero-order valence-corrected chi connectivity index (χ0v) is 7.77. The van der Waals surface area contributed by atoms with Crippen LogP contribution in [0.4, 0.5) is 0 Å². The van der Waals surface area contributed by atoms with Gasteiger partial charge in [0.1, 0.15) is 0 Å². The molecule has 0 radical (unpaired) electrons. The highest BCUT2D eigenvalue weighted by molar-refractivity contribution is 7.91. The van der Waals surface area contributed by atoms with E-state index in [0.29, 0.717) is 0 Å². The molecular formula is C4H9NO5S2. The molecule has 1 heterocycles. The molecule has 8 heteroatoms. The van der Waals surface area contributed by atoms with Crippen molar-refractivity contribution in [1.82, 2.24) is 0 Å². The zero-order chi connectivity index (χ0) is 9.41. The number of hydrogen-bond donors (Lipinski definition) is 1. The van der Waals surface area contributed by atoms with Crippen LogP contribution in [0.1, 0.15) is 6.42 Å². The van der Waals surface area contributed by atoms with Crippen LogP contribution in [0, 0.1) is 0 Å². The Balaban J connectivity index is 2.61. The molecule has 1 fully saturated rings. The minimum atomic E-state index is -4.02. The van der Waals surface area contributed by atoms with Gasteiger partial charge in [0.05, 0.1) is 17.6 Å². The first kappa shape index (κ1) is 9.90. The van der Waals surface area contributed by atoms with Gasteiger partial charge in [-0.2, -0.15) is 8.42 Å². The van der Waals surface area contributed by atoms with Gasteiger partial charge < -0.3 is 0 Å². The van der Waals surface area contributed by atoms with E-state index in [1.165, 1.54) is 0 Å². The van der Waals surface area contributed by atoms with Crippen molar-refractivity contribution in [3.8, 4) is 0 Å². The molecule has 1 rings (SSSR count). The molecule has 2 N–H and O–H groups in total. The van der Waals surface area contributed by atoms with Gasteiger partial charge in [0.15, 0.2) is 9.84 Å². The zero-order valence-electron chi connectivity index (χ0n) is 6.13. The summed E-state index contributed by atoms with van der Waals surface area (Å²) in [5, 5.41) is 4.56. The smallest absolute Gasteiger partial charge is 0.254 e. The van der Waals surface area contributed by atoms with Gasteiger partial charge in [-0.3, -0.25) is 4.18 Å². The third-order valence-electron chi connectivity index (χ3n) is 1.46. The first-order valence-corrected chi connectivity index (χ1v) is 6.49. The lowest BCUT2D eigenvalue weighted by molar-refractivity contribution is 0.236. The summed E-state index contributed by atoms with van der Waals surface area (Å²) in [5.41, 5.74) is 0. The third-order valence-corrected chi connectivity index (χ3v) is 3.74. The average molecular weight is 215 g/mol. The Morgan fingerprint density at radius 1 is 1.42 bits per heavy atom. The molecule has 1 aliphatic rings. The number of sulfone groups is 1. The molecule has 0 aromatic carbocycles. The Hall–Kier alpha value is -0.180. The summed E-state index contributed by atoms with van der Waals surface area (Å²) >= 11 is 0. The lowest BCUT2D eigenvalue weighted by Crippen LogP contribution is -2.24. The summed E-state index contributed by atoms with van der Waals surface area (Å²) in [6.07, 6.45) is -0.608. The molecule has 0 aromatic heterocycles. The fourth-order valence-electron chi connectivity index (χ4n) is 1.03. The van der Waals surface area contributed by atoms with E-state index in [-0.39, 0.29) is 17.9 Å². The molecule has 0 amide bonds. The third kappa shape index (κ3) is 3.05. The van der Waals surface area contributed by atoms with Crippen molar-refractivity contribution in [1.29, 1.82) is 0 Å². The highest BCUT2D eigenvalue weighted by atomic mass is 32.2. The minimum absolute atomic E-state index is 0.0345. The van der Waals surface area contributed by atoms with Crippen LogP contribution in [0.2, 0.25) is 0 Å². The molecule has 1 atom stereocenters. The quantitative estimate of drug-likeness (QED) is 0.597. The second-order valence-corrected chi connectivity index (χ2v) is 6.02. The molecule has 1 saturated heterocycles. The van der Waals surface area contributed by atoms with Crippen LogP contribution in [0.3, 0.4) is 0 Å². The lowest BCUT2D eigenvalue weighted by atomic mass is 10.3. The van der Waals surface area contributed by atoms with Crippen molar-refractivity contribution in [3.05, 3.63) is 0 Å². The highest BCUT2D eigenvalue weighted by Crippen LogP contribution is 2.15. The number of rotatable bonds is 2. The van der Waals surface area contributed by atoms with Crippen LogP contribution < -0.4 is 5.14 Å². The maximum absolute atomic E-state index is 10.8. The van der Waals surface area contributed by atoms with Gasteiger partial charge in [0, 0.05) is 0 Å². The molecule has 72 valence electrons.